The first-order chi connectivity index (χ1) is 14.5. The highest BCUT2D eigenvalue weighted by molar-refractivity contribution is 7.16. The average molecular weight is 418 g/mol. The summed E-state index contributed by atoms with van der Waals surface area (Å²) in [6.45, 7) is 11.5. The van der Waals surface area contributed by atoms with Crippen molar-refractivity contribution in [1.29, 1.82) is 0 Å². The average Bonchev–Trinajstić information content (AvgIpc) is 3.28. The summed E-state index contributed by atoms with van der Waals surface area (Å²) >= 11 is 1.90. The lowest BCUT2D eigenvalue weighted by Gasteiger charge is -2.21. The van der Waals surface area contributed by atoms with Crippen molar-refractivity contribution in [3.63, 3.8) is 0 Å². The van der Waals surface area contributed by atoms with Crippen LogP contribution >= 0.6 is 11.3 Å². The Labute approximate surface area is 185 Å². The molecule has 0 radical (unpaired) electrons. The molecule has 0 bridgehead atoms. The van der Waals surface area contributed by atoms with E-state index >= 15 is 0 Å². The van der Waals surface area contributed by atoms with Gasteiger partial charge in [-0.05, 0) is 61.7 Å². The summed E-state index contributed by atoms with van der Waals surface area (Å²) in [5.41, 5.74) is 4.08. The van der Waals surface area contributed by atoms with Crippen LogP contribution in [0.4, 0.5) is 10.7 Å². The number of hydrogen-bond acceptors (Lipinski definition) is 2. The molecule has 4 rings (SSSR count). The van der Waals surface area contributed by atoms with Crippen molar-refractivity contribution in [3.8, 4) is 0 Å². The summed E-state index contributed by atoms with van der Waals surface area (Å²) < 4.78 is 2.37. The van der Waals surface area contributed by atoms with Gasteiger partial charge in [-0.1, -0.05) is 38.1 Å². The zero-order valence-electron chi connectivity index (χ0n) is 18.9. The van der Waals surface area contributed by atoms with Gasteiger partial charge in [0.25, 0.3) is 0 Å². The molecule has 1 aliphatic rings. The lowest BCUT2D eigenvalue weighted by Crippen LogP contribution is -2.26. The van der Waals surface area contributed by atoms with Gasteiger partial charge in [0.2, 0.25) is 5.69 Å². The molecule has 0 spiro atoms. The normalized spacial score (nSPS) is 15.4. The molecule has 2 heterocycles. The van der Waals surface area contributed by atoms with Gasteiger partial charge in [0, 0.05) is 35.7 Å². The highest BCUT2D eigenvalue weighted by atomic mass is 32.1. The van der Waals surface area contributed by atoms with Gasteiger partial charge in [-0.15, -0.1) is 11.3 Å². The quantitative estimate of drug-likeness (QED) is 0.367. The monoisotopic (exact) mass is 417 g/mol. The number of rotatable bonds is 7. The third-order valence-corrected chi connectivity index (χ3v) is 7.32. The number of anilines is 1. The van der Waals surface area contributed by atoms with Crippen molar-refractivity contribution in [2.45, 2.75) is 46.0 Å². The Morgan fingerprint density at radius 2 is 1.67 bits per heavy atom. The summed E-state index contributed by atoms with van der Waals surface area (Å²) in [4.78, 5) is 3.84. The van der Waals surface area contributed by atoms with Crippen molar-refractivity contribution in [1.82, 2.24) is 0 Å². The van der Waals surface area contributed by atoms with Gasteiger partial charge < -0.3 is 4.90 Å². The molecule has 0 unspecified atom stereocenters. The minimum absolute atomic E-state index is 0.0298. The third-order valence-electron chi connectivity index (χ3n) is 6.21. The molecule has 0 saturated heterocycles. The number of fused-ring (bicyclic) bond motifs is 3. The van der Waals surface area contributed by atoms with Crippen LogP contribution < -0.4 is 4.90 Å². The fourth-order valence-electron chi connectivity index (χ4n) is 4.83. The predicted octanol–water partition coefficient (Wildman–Crippen LogP) is 7.25. The number of hydrogen-bond donors (Lipinski definition) is 0. The van der Waals surface area contributed by atoms with E-state index < -0.39 is 0 Å². The van der Waals surface area contributed by atoms with E-state index in [0.29, 0.717) is 0 Å². The zero-order chi connectivity index (χ0) is 21.3. The summed E-state index contributed by atoms with van der Waals surface area (Å²) in [7, 11) is 2.20. The Hall–Kier alpha value is -2.39. The smallest absolute Gasteiger partial charge is 0.210 e. The molecule has 0 saturated carbocycles. The van der Waals surface area contributed by atoms with Crippen LogP contribution in [0.15, 0.2) is 54.6 Å². The maximum Gasteiger partial charge on any atom is 0.210 e. The Morgan fingerprint density at radius 3 is 2.40 bits per heavy atom. The summed E-state index contributed by atoms with van der Waals surface area (Å²) in [6.07, 6.45) is 7.00. The number of allylic oxidation sites excluding steroid dienone is 1. The molecule has 2 nitrogen and oxygen atoms in total. The van der Waals surface area contributed by atoms with Crippen LogP contribution in [0.1, 0.15) is 51.0 Å². The van der Waals surface area contributed by atoms with Crippen molar-refractivity contribution < 1.29 is 4.58 Å². The van der Waals surface area contributed by atoms with E-state index in [4.69, 9.17) is 0 Å². The summed E-state index contributed by atoms with van der Waals surface area (Å²) in [5.74, 6) is 0. The maximum absolute atomic E-state index is 2.52. The minimum atomic E-state index is -0.0298. The van der Waals surface area contributed by atoms with E-state index in [2.05, 4.69) is 105 Å². The van der Waals surface area contributed by atoms with Crippen LogP contribution in [0.2, 0.25) is 0 Å². The van der Waals surface area contributed by atoms with E-state index in [0.717, 1.165) is 13.1 Å². The standard InChI is InChI=1S/C27H33N2S/c1-6-18-29(19-7-2)25-17-14-21(30-25)13-16-24-27(3,4)26-22-11-9-8-10-20(22)12-15-23(26)28(24)5/h8-17H,6-7,18-19H2,1-5H3/q+1. The van der Waals surface area contributed by atoms with E-state index in [-0.39, 0.29) is 5.41 Å². The summed E-state index contributed by atoms with van der Waals surface area (Å²) in [6, 6.07) is 17.8. The Bertz CT molecular complexity index is 1110. The molecule has 0 atom stereocenters. The van der Waals surface area contributed by atoms with E-state index in [1.165, 1.54) is 50.5 Å². The molecule has 30 heavy (non-hydrogen) atoms. The van der Waals surface area contributed by atoms with Gasteiger partial charge in [-0.3, -0.25) is 0 Å². The van der Waals surface area contributed by atoms with E-state index in [9.17, 15) is 0 Å². The Morgan fingerprint density at radius 1 is 0.933 bits per heavy atom. The van der Waals surface area contributed by atoms with Gasteiger partial charge in [0.15, 0.2) is 5.71 Å². The molecule has 3 aromatic rings. The van der Waals surface area contributed by atoms with E-state index in [1.807, 2.05) is 11.3 Å². The molecular weight excluding hydrogens is 384 g/mol. The highest BCUT2D eigenvalue weighted by Crippen LogP contribution is 2.43. The minimum Gasteiger partial charge on any atom is -0.363 e. The molecule has 0 aliphatic carbocycles. The molecule has 0 fully saturated rings. The lowest BCUT2D eigenvalue weighted by molar-refractivity contribution is -0.401. The first-order valence-electron chi connectivity index (χ1n) is 11.1. The molecule has 2 aromatic carbocycles. The zero-order valence-corrected chi connectivity index (χ0v) is 19.7. The largest absolute Gasteiger partial charge is 0.363 e. The van der Waals surface area contributed by atoms with Crippen molar-refractivity contribution in [2.75, 3.05) is 25.0 Å². The summed E-state index contributed by atoms with van der Waals surface area (Å²) in [5, 5.41) is 4.07. The maximum atomic E-state index is 2.52. The second kappa shape index (κ2) is 8.39. The van der Waals surface area contributed by atoms with E-state index in [1.54, 1.807) is 0 Å². The van der Waals surface area contributed by atoms with Gasteiger partial charge in [0.1, 0.15) is 7.05 Å². The van der Waals surface area contributed by atoms with Crippen LogP contribution in [-0.2, 0) is 5.41 Å². The Kier molecular flexibility index (Phi) is 5.84. The number of benzene rings is 2. The predicted molar refractivity (Wildman–Crippen MR) is 134 cm³/mol. The fraction of sp³-hybridized carbons (Fsp3) is 0.370. The Balaban J connectivity index is 1.66. The topological polar surface area (TPSA) is 6.25 Å². The molecule has 1 aromatic heterocycles. The van der Waals surface area contributed by atoms with Crippen molar-refractivity contribution in [3.05, 3.63) is 65.0 Å². The lowest BCUT2D eigenvalue weighted by atomic mass is 9.79. The molecule has 1 aliphatic heterocycles. The SMILES string of the molecule is CCCN(CCC)c1ccc(C=CC2=[N+](C)c3ccc4ccccc4c3C2(C)C)s1. The molecule has 156 valence electrons. The third kappa shape index (κ3) is 3.60. The van der Waals surface area contributed by atoms with Gasteiger partial charge in [0.05, 0.1) is 10.4 Å². The van der Waals surface area contributed by atoms with Gasteiger partial charge in [-0.2, -0.15) is 4.58 Å². The first kappa shape index (κ1) is 20.9. The molecule has 0 amide bonds. The van der Waals surface area contributed by atoms with Gasteiger partial charge >= 0.3 is 0 Å². The van der Waals surface area contributed by atoms with Gasteiger partial charge in [-0.25, -0.2) is 0 Å². The second-order valence-corrected chi connectivity index (χ2v) is 9.84. The number of nitrogens with zero attached hydrogens (tertiary/aromatic N) is 2. The van der Waals surface area contributed by atoms with Crippen LogP contribution in [-0.4, -0.2) is 30.4 Å². The first-order valence-corrected chi connectivity index (χ1v) is 11.9. The molecule has 0 N–H and O–H groups in total. The number of thiophene rings is 1. The fourth-order valence-corrected chi connectivity index (χ4v) is 5.79. The molecular formula is C27H33N2S+. The van der Waals surface area contributed by atoms with Crippen molar-refractivity contribution >= 4 is 44.6 Å². The molecule has 3 heteroatoms. The van der Waals surface area contributed by atoms with Crippen molar-refractivity contribution in [2.24, 2.45) is 0 Å². The van der Waals surface area contributed by atoms with Crippen LogP contribution in [0.25, 0.3) is 16.8 Å². The highest BCUT2D eigenvalue weighted by Gasteiger charge is 2.44. The van der Waals surface area contributed by atoms with Crippen LogP contribution in [0.3, 0.4) is 0 Å². The van der Waals surface area contributed by atoms with Crippen LogP contribution in [0.5, 0.6) is 0 Å². The van der Waals surface area contributed by atoms with Crippen LogP contribution in [0, 0.1) is 0 Å². The second-order valence-electron chi connectivity index (χ2n) is 8.75.